The summed E-state index contributed by atoms with van der Waals surface area (Å²) in [6.45, 7) is 1.84. The van der Waals surface area contributed by atoms with Crippen molar-refractivity contribution in [3.05, 3.63) is 74.8 Å². The van der Waals surface area contributed by atoms with Gasteiger partial charge in [0.05, 0.1) is 11.4 Å². The average molecular weight is 462 g/mol. The maximum absolute atomic E-state index is 12.2. The highest BCUT2D eigenvalue weighted by atomic mass is 79.9. The Morgan fingerprint density at radius 1 is 1.04 bits per heavy atom. The van der Waals surface area contributed by atoms with Crippen LogP contribution in [-0.2, 0) is 0 Å². The maximum Gasteiger partial charge on any atom is 0.289 e. The summed E-state index contributed by atoms with van der Waals surface area (Å²) >= 11 is 6.78. The molecule has 0 radical (unpaired) electrons. The lowest BCUT2D eigenvalue weighted by Gasteiger charge is -2.02. The van der Waals surface area contributed by atoms with E-state index in [0.29, 0.717) is 17.1 Å². The number of H-pyrrole nitrogens is 1. The van der Waals surface area contributed by atoms with Crippen molar-refractivity contribution in [1.82, 2.24) is 15.6 Å². The number of amides is 1. The Bertz CT molecular complexity index is 915. The second-order valence-electron chi connectivity index (χ2n) is 5.32. The zero-order valence-corrected chi connectivity index (χ0v) is 16.4. The minimum atomic E-state index is -0.340. The second-order valence-corrected chi connectivity index (χ2v) is 7.15. The van der Waals surface area contributed by atoms with E-state index in [1.165, 1.54) is 0 Å². The van der Waals surface area contributed by atoms with E-state index in [9.17, 15) is 4.79 Å². The molecule has 3 aromatic rings. The van der Waals surface area contributed by atoms with Crippen LogP contribution in [0.3, 0.4) is 0 Å². The first-order valence-electron chi connectivity index (χ1n) is 7.45. The van der Waals surface area contributed by atoms with Gasteiger partial charge in [-0.1, -0.05) is 56.1 Å². The third kappa shape index (κ3) is 4.43. The fraction of sp³-hybridized carbons (Fsp3) is 0.0556. The highest BCUT2D eigenvalue weighted by Crippen LogP contribution is 2.20. The van der Waals surface area contributed by atoms with Gasteiger partial charge in [0, 0.05) is 14.5 Å². The molecule has 0 bridgehead atoms. The molecule has 5 nitrogen and oxygen atoms in total. The van der Waals surface area contributed by atoms with Crippen molar-refractivity contribution in [2.45, 2.75) is 6.92 Å². The molecule has 3 rings (SSSR count). The number of carbonyl (C=O) groups excluding carboxylic acids is 1. The largest absolute Gasteiger partial charge is 0.289 e. The van der Waals surface area contributed by atoms with Crippen LogP contribution in [0.5, 0.6) is 0 Å². The predicted octanol–water partition coefficient (Wildman–Crippen LogP) is 4.76. The summed E-state index contributed by atoms with van der Waals surface area (Å²) in [5, 5.41) is 11.1. The standard InChI is InChI=1S/C18H14Br2N4O/c1-11(12-2-6-14(19)7-3-12)21-24-18(25)17-10-16(22-23-17)13-4-8-15(20)9-5-13/h2-10H,1H3,(H,22,23)(H,24,25)/b21-11-. The molecule has 0 aliphatic heterocycles. The number of hydrazone groups is 1. The van der Waals surface area contributed by atoms with Crippen molar-refractivity contribution in [2.24, 2.45) is 5.10 Å². The highest BCUT2D eigenvalue weighted by molar-refractivity contribution is 9.10. The van der Waals surface area contributed by atoms with Crippen molar-refractivity contribution in [2.75, 3.05) is 0 Å². The molecule has 7 heteroatoms. The summed E-state index contributed by atoms with van der Waals surface area (Å²) in [5.74, 6) is -0.340. The number of hydrogen-bond acceptors (Lipinski definition) is 3. The van der Waals surface area contributed by atoms with Crippen LogP contribution in [0.15, 0.2) is 68.6 Å². The van der Waals surface area contributed by atoms with Crippen LogP contribution < -0.4 is 5.43 Å². The van der Waals surface area contributed by atoms with Crippen molar-refractivity contribution in [1.29, 1.82) is 0 Å². The summed E-state index contributed by atoms with van der Waals surface area (Å²) < 4.78 is 1.98. The third-order valence-corrected chi connectivity index (χ3v) is 4.61. The van der Waals surface area contributed by atoms with E-state index in [1.807, 2.05) is 55.5 Å². The molecule has 1 heterocycles. The summed E-state index contributed by atoms with van der Waals surface area (Å²) in [5.41, 5.74) is 6.17. The Labute approximate surface area is 161 Å². The van der Waals surface area contributed by atoms with Gasteiger partial charge in [0.25, 0.3) is 5.91 Å². The highest BCUT2D eigenvalue weighted by Gasteiger charge is 2.10. The minimum absolute atomic E-state index is 0.340. The van der Waals surface area contributed by atoms with Gasteiger partial charge < -0.3 is 0 Å². The van der Waals surface area contributed by atoms with Gasteiger partial charge in [-0.25, -0.2) is 5.43 Å². The van der Waals surface area contributed by atoms with Crippen LogP contribution in [0.25, 0.3) is 11.3 Å². The fourth-order valence-electron chi connectivity index (χ4n) is 2.16. The number of nitrogens with one attached hydrogen (secondary N) is 2. The van der Waals surface area contributed by atoms with E-state index >= 15 is 0 Å². The molecule has 0 aliphatic carbocycles. The Kier molecular flexibility index (Phi) is 5.45. The van der Waals surface area contributed by atoms with Crippen molar-refractivity contribution < 1.29 is 4.79 Å². The number of nitrogens with zero attached hydrogens (tertiary/aromatic N) is 2. The van der Waals surface area contributed by atoms with Gasteiger partial charge >= 0.3 is 0 Å². The van der Waals surface area contributed by atoms with E-state index in [4.69, 9.17) is 0 Å². The summed E-state index contributed by atoms with van der Waals surface area (Å²) in [4.78, 5) is 12.2. The number of benzene rings is 2. The molecular weight excluding hydrogens is 448 g/mol. The van der Waals surface area contributed by atoms with Gasteiger partial charge in [-0.2, -0.15) is 10.2 Å². The van der Waals surface area contributed by atoms with Gasteiger partial charge in [-0.05, 0) is 42.8 Å². The number of hydrogen-bond donors (Lipinski definition) is 2. The van der Waals surface area contributed by atoms with Gasteiger partial charge in [0.15, 0.2) is 0 Å². The van der Waals surface area contributed by atoms with Crippen LogP contribution in [0.2, 0.25) is 0 Å². The van der Waals surface area contributed by atoms with Crippen LogP contribution in [0, 0.1) is 0 Å². The van der Waals surface area contributed by atoms with E-state index in [0.717, 1.165) is 20.1 Å². The number of halogens is 2. The monoisotopic (exact) mass is 460 g/mol. The van der Waals surface area contributed by atoms with E-state index in [-0.39, 0.29) is 5.91 Å². The molecule has 0 aliphatic rings. The van der Waals surface area contributed by atoms with E-state index < -0.39 is 0 Å². The fourth-order valence-corrected chi connectivity index (χ4v) is 2.69. The molecule has 1 amide bonds. The first kappa shape index (κ1) is 17.6. The SMILES string of the molecule is C/C(=N/NC(=O)c1cc(-c2ccc(Br)cc2)n[nH]1)c1ccc(Br)cc1. The molecule has 0 saturated heterocycles. The number of aromatic amines is 1. The van der Waals surface area contributed by atoms with E-state index in [1.54, 1.807) is 6.07 Å². The summed E-state index contributed by atoms with van der Waals surface area (Å²) in [7, 11) is 0. The lowest BCUT2D eigenvalue weighted by Crippen LogP contribution is -2.19. The number of carbonyl (C=O) groups is 1. The Hall–Kier alpha value is -2.25. The average Bonchev–Trinajstić information content (AvgIpc) is 3.11. The molecule has 126 valence electrons. The van der Waals surface area contributed by atoms with Crippen molar-refractivity contribution in [3.63, 3.8) is 0 Å². The van der Waals surface area contributed by atoms with Crippen LogP contribution in [-0.4, -0.2) is 21.8 Å². The lowest BCUT2D eigenvalue weighted by molar-refractivity contribution is 0.0950. The molecule has 0 unspecified atom stereocenters. The Morgan fingerprint density at radius 2 is 1.64 bits per heavy atom. The second kappa shape index (κ2) is 7.76. The van der Waals surface area contributed by atoms with Crippen molar-refractivity contribution in [3.8, 4) is 11.3 Å². The molecule has 25 heavy (non-hydrogen) atoms. The molecular formula is C18H14Br2N4O. The molecule has 2 aromatic carbocycles. The van der Waals surface area contributed by atoms with Gasteiger partial charge in [0.1, 0.15) is 5.69 Å². The number of aromatic nitrogens is 2. The van der Waals surface area contributed by atoms with E-state index in [2.05, 4.69) is 52.6 Å². The topological polar surface area (TPSA) is 70.1 Å². The molecule has 0 atom stereocenters. The quantitative estimate of drug-likeness (QED) is 0.434. The molecule has 2 N–H and O–H groups in total. The van der Waals surface area contributed by atoms with Gasteiger partial charge in [0.2, 0.25) is 0 Å². The van der Waals surface area contributed by atoms with Gasteiger partial charge in [-0.3, -0.25) is 9.89 Å². The van der Waals surface area contributed by atoms with Crippen LogP contribution in [0.1, 0.15) is 23.0 Å². The third-order valence-electron chi connectivity index (χ3n) is 3.55. The maximum atomic E-state index is 12.2. The minimum Gasteiger partial charge on any atom is -0.272 e. The lowest BCUT2D eigenvalue weighted by atomic mass is 10.1. The molecule has 0 fully saturated rings. The summed E-state index contributed by atoms with van der Waals surface area (Å²) in [6, 6.07) is 17.1. The Balaban J connectivity index is 1.70. The molecule has 0 saturated carbocycles. The molecule has 1 aromatic heterocycles. The predicted molar refractivity (Wildman–Crippen MR) is 106 cm³/mol. The normalized spacial score (nSPS) is 11.4. The zero-order valence-electron chi connectivity index (χ0n) is 13.3. The number of rotatable bonds is 4. The first-order valence-corrected chi connectivity index (χ1v) is 9.03. The zero-order chi connectivity index (χ0) is 17.8. The Morgan fingerprint density at radius 3 is 2.28 bits per heavy atom. The first-order chi connectivity index (χ1) is 12.0. The van der Waals surface area contributed by atoms with Crippen molar-refractivity contribution >= 4 is 43.5 Å². The summed E-state index contributed by atoms with van der Waals surface area (Å²) in [6.07, 6.45) is 0. The van der Waals surface area contributed by atoms with Crippen LogP contribution in [0.4, 0.5) is 0 Å². The van der Waals surface area contributed by atoms with Crippen LogP contribution >= 0.6 is 31.9 Å². The van der Waals surface area contributed by atoms with Gasteiger partial charge in [-0.15, -0.1) is 0 Å². The smallest absolute Gasteiger partial charge is 0.272 e. The molecule has 0 spiro atoms.